The molecule has 16 heavy (non-hydrogen) atoms. The second-order valence-electron chi connectivity index (χ2n) is 2.63. The molecule has 0 fully saturated rings. The Morgan fingerprint density at radius 2 is 1.44 bits per heavy atom. The number of hydrogen-bond acceptors (Lipinski definition) is 2. The zero-order valence-corrected chi connectivity index (χ0v) is 15.2. The van der Waals surface area contributed by atoms with Gasteiger partial charge in [0.1, 0.15) is 0 Å². The van der Waals surface area contributed by atoms with E-state index >= 15 is 0 Å². The Morgan fingerprint density at radius 1 is 1.06 bits per heavy atom. The maximum atomic E-state index is 13.6. The van der Waals surface area contributed by atoms with Gasteiger partial charge in [-0.1, -0.05) is 30.3 Å². The summed E-state index contributed by atoms with van der Waals surface area (Å²) in [5.74, 6) is -4.06. The molecule has 1 aromatic rings. The number of alkyl halides is 1. The zero-order valence-electron chi connectivity index (χ0n) is 11.0. The molecule has 1 rings (SSSR count). The van der Waals surface area contributed by atoms with Gasteiger partial charge in [-0.2, -0.15) is 0 Å². The van der Waals surface area contributed by atoms with Crippen LogP contribution in [-0.2, 0) is 15.3 Å². The number of halogens is 1. The van der Waals surface area contributed by atoms with Crippen molar-refractivity contribution in [2.24, 2.45) is 0 Å². The Balaban J connectivity index is -0.000000245. The second-order valence-corrected chi connectivity index (χ2v) is 2.63. The molecule has 0 aliphatic heterocycles. The second kappa shape index (κ2) is 8.46. The molecule has 0 atom stereocenters. The Kier molecular flexibility index (Phi) is 10.4. The van der Waals surface area contributed by atoms with Crippen molar-refractivity contribution in [3.05, 3.63) is 35.9 Å². The summed E-state index contributed by atoms with van der Waals surface area (Å²) in [5, 5.41) is 17.0. The predicted octanol–water partition coefficient (Wildman–Crippen LogP) is -4.75. The van der Waals surface area contributed by atoms with Gasteiger partial charge in [-0.05, 0) is 0 Å². The fourth-order valence-electron chi connectivity index (χ4n) is 1.01. The van der Waals surface area contributed by atoms with E-state index in [2.05, 4.69) is 0 Å². The van der Waals surface area contributed by atoms with Gasteiger partial charge in [-0.15, -0.1) is 0 Å². The maximum Gasteiger partial charge on any atom is 1.00 e. The molecular weight excluding hydrogens is 269 g/mol. The third-order valence-electron chi connectivity index (χ3n) is 1.76. The van der Waals surface area contributed by atoms with Crippen molar-refractivity contribution in [3.8, 4) is 0 Å². The SMILES string of the molecule is O=C(O)C(F)(C(=O)O)c1ccccc1.[H-].[H-].[K+].[K+]. The summed E-state index contributed by atoms with van der Waals surface area (Å²) in [4.78, 5) is 21.0. The molecule has 78 valence electrons. The molecule has 7 heteroatoms. The van der Waals surface area contributed by atoms with Crippen LogP contribution in [0.2, 0.25) is 0 Å². The van der Waals surface area contributed by atoms with Gasteiger partial charge in [0.05, 0.1) is 0 Å². The van der Waals surface area contributed by atoms with Crippen LogP contribution >= 0.6 is 0 Å². The summed E-state index contributed by atoms with van der Waals surface area (Å²) in [6.07, 6.45) is 0. The van der Waals surface area contributed by atoms with Crippen molar-refractivity contribution < 1.29 is 130 Å². The molecular formula is C9H9FK2O4. The van der Waals surface area contributed by atoms with E-state index in [0.29, 0.717) is 0 Å². The molecule has 0 radical (unpaired) electrons. The number of benzene rings is 1. The molecule has 0 aromatic heterocycles. The van der Waals surface area contributed by atoms with Crippen molar-refractivity contribution in [1.29, 1.82) is 0 Å². The van der Waals surface area contributed by atoms with Crippen molar-refractivity contribution in [2.75, 3.05) is 0 Å². The van der Waals surface area contributed by atoms with E-state index in [-0.39, 0.29) is 106 Å². The Morgan fingerprint density at radius 3 is 1.75 bits per heavy atom. The molecule has 0 bridgehead atoms. The van der Waals surface area contributed by atoms with Crippen LogP contribution in [0.4, 0.5) is 4.39 Å². The first-order chi connectivity index (χ1) is 6.49. The number of rotatable bonds is 3. The molecule has 4 nitrogen and oxygen atoms in total. The van der Waals surface area contributed by atoms with Crippen LogP contribution in [0, 0.1) is 0 Å². The Hall–Kier alpha value is 1.36. The molecule has 0 saturated heterocycles. The minimum atomic E-state index is -3.37. The third kappa shape index (κ3) is 4.23. The summed E-state index contributed by atoms with van der Waals surface area (Å²) in [5.41, 5.74) is -3.78. The van der Waals surface area contributed by atoms with Crippen LogP contribution in [0.5, 0.6) is 0 Å². The first-order valence-electron chi connectivity index (χ1n) is 3.71. The summed E-state index contributed by atoms with van der Waals surface area (Å²) in [6, 6.07) is 6.50. The van der Waals surface area contributed by atoms with E-state index < -0.39 is 23.2 Å². The van der Waals surface area contributed by atoms with Crippen LogP contribution in [0.25, 0.3) is 0 Å². The average Bonchev–Trinajstić information content (AvgIpc) is 2.17. The van der Waals surface area contributed by atoms with Gasteiger partial charge >= 0.3 is 120 Å². The molecule has 1 aromatic carbocycles. The largest absolute Gasteiger partial charge is 1.00 e. The van der Waals surface area contributed by atoms with Crippen molar-refractivity contribution in [3.63, 3.8) is 0 Å². The maximum absolute atomic E-state index is 13.6. The van der Waals surface area contributed by atoms with Gasteiger partial charge in [0, 0.05) is 5.56 Å². The summed E-state index contributed by atoms with van der Waals surface area (Å²) in [7, 11) is 0. The minimum Gasteiger partial charge on any atom is -1.00 e. The van der Waals surface area contributed by atoms with E-state index in [1.54, 1.807) is 0 Å². The van der Waals surface area contributed by atoms with Crippen LogP contribution in [0.15, 0.2) is 30.3 Å². The quantitative estimate of drug-likeness (QED) is 0.430. The van der Waals surface area contributed by atoms with Crippen LogP contribution in [-0.4, -0.2) is 22.2 Å². The minimum absolute atomic E-state index is 0. The fraction of sp³-hybridized carbons (Fsp3) is 0.111. The summed E-state index contributed by atoms with van der Waals surface area (Å²) in [6.45, 7) is 0. The average molecular weight is 278 g/mol. The normalized spacial score (nSPS) is 9.56. The van der Waals surface area contributed by atoms with Gasteiger partial charge in [0.25, 0.3) is 0 Å². The molecule has 2 N–H and O–H groups in total. The summed E-state index contributed by atoms with van der Waals surface area (Å²) >= 11 is 0. The predicted molar refractivity (Wildman–Crippen MR) is 46.7 cm³/mol. The molecule has 0 unspecified atom stereocenters. The number of carboxylic acid groups (broad SMARTS) is 2. The topological polar surface area (TPSA) is 74.6 Å². The number of aliphatic carboxylic acids is 2. The number of hydrogen-bond donors (Lipinski definition) is 2. The van der Waals surface area contributed by atoms with Gasteiger partial charge in [-0.3, -0.25) is 0 Å². The van der Waals surface area contributed by atoms with E-state index in [1.807, 2.05) is 0 Å². The van der Waals surface area contributed by atoms with Crippen molar-refractivity contribution >= 4 is 11.9 Å². The van der Waals surface area contributed by atoms with Gasteiger partial charge < -0.3 is 13.1 Å². The third-order valence-corrected chi connectivity index (χ3v) is 1.76. The van der Waals surface area contributed by atoms with Gasteiger partial charge in [0.2, 0.25) is 0 Å². The van der Waals surface area contributed by atoms with Crippen LogP contribution in [0.3, 0.4) is 0 Å². The van der Waals surface area contributed by atoms with Gasteiger partial charge in [-0.25, -0.2) is 14.0 Å². The Labute approximate surface area is 179 Å². The first kappa shape index (κ1) is 19.7. The number of carboxylic acids is 2. The van der Waals surface area contributed by atoms with Gasteiger partial charge in [0.15, 0.2) is 0 Å². The number of carbonyl (C=O) groups is 2. The molecule has 0 saturated carbocycles. The van der Waals surface area contributed by atoms with E-state index in [4.69, 9.17) is 10.2 Å². The standard InChI is InChI=1S/C9H7FO4.2K.2H/c10-9(7(11)12,8(13)14)6-4-2-1-3-5-6;;;;/h1-5H,(H,11,12)(H,13,14);;;;/q;2*+1;2*-1. The first-order valence-corrected chi connectivity index (χ1v) is 3.71. The monoisotopic (exact) mass is 278 g/mol. The van der Waals surface area contributed by atoms with E-state index in [0.717, 1.165) is 12.1 Å². The van der Waals surface area contributed by atoms with E-state index in [9.17, 15) is 14.0 Å². The van der Waals surface area contributed by atoms with Crippen molar-refractivity contribution in [2.45, 2.75) is 5.67 Å². The molecule has 0 amide bonds. The Bertz CT molecular complexity index is 364. The smallest absolute Gasteiger partial charge is 1.00 e. The molecule has 0 spiro atoms. The van der Waals surface area contributed by atoms with Crippen LogP contribution in [0.1, 0.15) is 8.42 Å². The summed E-state index contributed by atoms with van der Waals surface area (Å²) < 4.78 is 13.6. The zero-order chi connectivity index (χ0) is 10.8. The van der Waals surface area contributed by atoms with Crippen LogP contribution < -0.4 is 103 Å². The molecule has 0 aliphatic carbocycles. The molecule has 0 aliphatic rings. The van der Waals surface area contributed by atoms with Crippen molar-refractivity contribution in [1.82, 2.24) is 0 Å². The van der Waals surface area contributed by atoms with E-state index in [1.165, 1.54) is 18.2 Å². The fourth-order valence-corrected chi connectivity index (χ4v) is 1.01. The molecule has 0 heterocycles.